The van der Waals surface area contributed by atoms with Crippen molar-refractivity contribution in [3.05, 3.63) is 61.5 Å². The van der Waals surface area contributed by atoms with Crippen molar-refractivity contribution < 1.29 is 37.4 Å². The molecule has 2 N–H and O–H groups in total. The summed E-state index contributed by atoms with van der Waals surface area (Å²) in [5.41, 5.74) is -2.71. The number of hydrogen-bond acceptors (Lipinski definition) is 9. The summed E-state index contributed by atoms with van der Waals surface area (Å²) in [5.74, 6) is -5.58. The van der Waals surface area contributed by atoms with Gasteiger partial charge in [-0.15, -0.1) is 13.2 Å². The summed E-state index contributed by atoms with van der Waals surface area (Å²) in [6.07, 6.45) is -3.25. The number of carboxylic acids is 1. The fourth-order valence-corrected chi connectivity index (χ4v) is 6.70. The van der Waals surface area contributed by atoms with Gasteiger partial charge in [-0.2, -0.15) is 21.3 Å². The average Bonchev–Trinajstić information content (AvgIpc) is 3.60. The number of nitrogens with one attached hydrogen (secondary N) is 1. The molecule has 4 heterocycles. The summed E-state index contributed by atoms with van der Waals surface area (Å²) in [6, 6.07) is 3.77. The van der Waals surface area contributed by atoms with Gasteiger partial charge in [-0.1, -0.05) is 12.1 Å². The van der Waals surface area contributed by atoms with E-state index in [-0.39, 0.29) is 42.6 Å². The second-order valence-electron chi connectivity index (χ2n) is 10.5. The van der Waals surface area contributed by atoms with Crippen LogP contribution in [-0.2, 0) is 28.5 Å². The number of nitrogens with zero attached hydrogens (tertiary/aromatic N) is 5. The van der Waals surface area contributed by atoms with Crippen LogP contribution in [0.4, 0.5) is 13.2 Å². The molecule has 0 radical (unpaired) electrons. The summed E-state index contributed by atoms with van der Waals surface area (Å²) in [7, 11) is 2.78. The van der Waals surface area contributed by atoms with E-state index in [4.69, 9.17) is 0 Å². The van der Waals surface area contributed by atoms with Crippen LogP contribution < -0.4 is 36.7 Å². The zero-order chi connectivity index (χ0) is 31.4. The number of aliphatic carboxylic acids is 1. The van der Waals surface area contributed by atoms with Gasteiger partial charge in [0.2, 0.25) is 24.0 Å². The van der Waals surface area contributed by atoms with Gasteiger partial charge in [0.1, 0.15) is 11.3 Å². The standard InChI is InChI=1S/C26H27F3N6O7S/c1-32-19-18(22(38)33(2)24(32)41)34(12-30-19)8-9-35-20(36)15-16(21(35)37)25(23(39)40,7-10-43-3)31-17(15)13-5-4-6-14(11-13)42-26(27,28)29/h4-6,11,15-17,31H,7-10,12H2,1-3H3/p+1. The monoisotopic (exact) mass is 625 g/mol. The number of ether oxygens (including phenoxy) is 1. The van der Waals surface area contributed by atoms with Gasteiger partial charge in [0.15, 0.2) is 6.54 Å². The molecule has 17 heteroatoms. The van der Waals surface area contributed by atoms with Gasteiger partial charge in [0.05, 0.1) is 18.4 Å². The number of likely N-dealkylation sites (tertiary alicyclic amines) is 1. The maximum absolute atomic E-state index is 13.9. The number of alkyl halides is 3. The second-order valence-corrected chi connectivity index (χ2v) is 11.5. The smallest absolute Gasteiger partial charge is 0.480 e. The van der Waals surface area contributed by atoms with Crippen molar-refractivity contribution in [2.24, 2.45) is 30.9 Å². The van der Waals surface area contributed by atoms with E-state index < -0.39 is 64.6 Å². The highest BCUT2D eigenvalue weighted by atomic mass is 32.2. The zero-order valence-electron chi connectivity index (χ0n) is 23.3. The molecule has 2 fully saturated rings. The third-order valence-corrected chi connectivity index (χ3v) is 8.80. The first-order valence-electron chi connectivity index (χ1n) is 13.1. The zero-order valence-corrected chi connectivity index (χ0v) is 24.1. The topological polar surface area (TPSA) is 155 Å². The Bertz CT molecular complexity index is 1770. The van der Waals surface area contributed by atoms with Crippen molar-refractivity contribution in [1.29, 1.82) is 0 Å². The first kappa shape index (κ1) is 30.5. The fourth-order valence-electron chi connectivity index (χ4n) is 6.17. The number of aromatic nitrogens is 2. The SMILES string of the molecule is CSCCC1(C(=O)O)NC(c2cccc(OC(F)(F)F)c2)C2C(=O)N(CC[N+]3=c4c(=O)n(C)c(=O)n(C)c4=NC3)C(=O)C21. The third kappa shape index (κ3) is 5.03. The molecular weight excluding hydrogens is 597 g/mol. The van der Waals surface area contributed by atoms with E-state index >= 15 is 0 Å². The van der Waals surface area contributed by atoms with Crippen molar-refractivity contribution in [2.45, 2.75) is 24.4 Å². The Balaban J connectivity index is 1.53. The molecule has 2 amide bonds. The molecule has 0 spiro atoms. The van der Waals surface area contributed by atoms with Crippen molar-refractivity contribution in [3.63, 3.8) is 0 Å². The van der Waals surface area contributed by atoms with Gasteiger partial charge in [-0.05, 0) is 36.1 Å². The molecule has 1 aromatic heterocycles. The number of carboxylic acid groups (broad SMARTS) is 1. The number of carbonyl (C=O) groups is 3. The lowest BCUT2D eigenvalue weighted by atomic mass is 9.78. The van der Waals surface area contributed by atoms with Crippen LogP contribution in [0.15, 0.2) is 38.8 Å². The minimum absolute atomic E-state index is 0.00604. The first-order chi connectivity index (χ1) is 20.2. The Kier molecular flexibility index (Phi) is 7.75. The number of imide groups is 1. The minimum atomic E-state index is -4.98. The molecule has 0 saturated carbocycles. The van der Waals surface area contributed by atoms with E-state index in [0.717, 1.165) is 21.6 Å². The summed E-state index contributed by atoms with van der Waals surface area (Å²) in [4.78, 5) is 70.8. The molecule has 3 aliphatic rings. The maximum Gasteiger partial charge on any atom is 0.573 e. The Morgan fingerprint density at radius 1 is 1.21 bits per heavy atom. The van der Waals surface area contributed by atoms with Gasteiger partial charge in [-0.25, -0.2) is 4.79 Å². The summed E-state index contributed by atoms with van der Waals surface area (Å²) < 4.78 is 46.5. The van der Waals surface area contributed by atoms with Gasteiger partial charge in [0.25, 0.3) is 0 Å². The molecule has 3 aliphatic heterocycles. The molecule has 0 bridgehead atoms. The lowest BCUT2D eigenvalue weighted by Gasteiger charge is -2.31. The number of hydrogen-bond donors (Lipinski definition) is 2. The number of rotatable bonds is 9. The van der Waals surface area contributed by atoms with E-state index in [2.05, 4.69) is 15.0 Å². The molecule has 4 atom stereocenters. The number of carbonyl (C=O) groups excluding carboxylic acids is 2. The summed E-state index contributed by atoms with van der Waals surface area (Å²) in [6.45, 7) is -0.250. The van der Waals surface area contributed by atoms with E-state index in [9.17, 15) is 42.3 Å². The molecule has 230 valence electrons. The molecule has 5 rings (SSSR count). The van der Waals surface area contributed by atoms with E-state index in [1.54, 1.807) is 6.26 Å². The highest BCUT2D eigenvalue weighted by Gasteiger charge is 2.68. The summed E-state index contributed by atoms with van der Waals surface area (Å²) in [5, 5.41) is 13.5. The van der Waals surface area contributed by atoms with Crippen LogP contribution in [0.2, 0.25) is 0 Å². The molecule has 0 aliphatic carbocycles. The predicted octanol–water partition coefficient (Wildman–Crippen LogP) is -1.41. The molecule has 1 aromatic carbocycles. The lowest BCUT2D eigenvalue weighted by Crippen LogP contribution is -2.60. The fraction of sp³-hybridized carbons (Fsp3) is 0.500. The van der Waals surface area contributed by atoms with Crippen molar-refractivity contribution in [1.82, 2.24) is 23.9 Å². The number of thioether (sulfide) groups is 1. The third-order valence-electron chi connectivity index (χ3n) is 8.19. The molecule has 2 saturated heterocycles. The van der Waals surface area contributed by atoms with Crippen LogP contribution in [0, 0.1) is 11.8 Å². The van der Waals surface area contributed by atoms with Gasteiger partial charge < -0.3 is 9.84 Å². The lowest BCUT2D eigenvalue weighted by molar-refractivity contribution is -0.274. The van der Waals surface area contributed by atoms with Crippen molar-refractivity contribution >= 4 is 29.5 Å². The normalized spacial score (nSPS) is 24.7. The molecule has 2 aromatic rings. The maximum atomic E-state index is 13.9. The number of benzene rings is 1. The highest BCUT2D eigenvalue weighted by Crippen LogP contribution is 2.50. The molecular formula is C26H28F3N6O7S+. The first-order valence-corrected chi connectivity index (χ1v) is 14.5. The van der Waals surface area contributed by atoms with Crippen LogP contribution in [0.5, 0.6) is 5.75 Å². The van der Waals surface area contributed by atoms with Crippen LogP contribution in [-0.4, -0.2) is 80.6 Å². The second kappa shape index (κ2) is 10.9. The van der Waals surface area contributed by atoms with E-state index in [0.29, 0.717) is 5.75 Å². The van der Waals surface area contributed by atoms with E-state index in [1.165, 1.54) is 47.1 Å². The Morgan fingerprint density at radius 2 is 1.93 bits per heavy atom. The quantitative estimate of drug-likeness (QED) is 0.253. The van der Waals surface area contributed by atoms with Gasteiger partial charge in [-0.3, -0.25) is 38.5 Å². The van der Waals surface area contributed by atoms with Crippen LogP contribution in [0.3, 0.4) is 0 Å². The molecule has 4 unspecified atom stereocenters. The van der Waals surface area contributed by atoms with Gasteiger partial charge >= 0.3 is 28.9 Å². The number of amides is 2. The number of fused-ring (bicyclic) bond motifs is 2. The van der Waals surface area contributed by atoms with Crippen LogP contribution in [0.25, 0.3) is 0 Å². The highest BCUT2D eigenvalue weighted by molar-refractivity contribution is 7.98. The Labute approximate surface area is 245 Å². The van der Waals surface area contributed by atoms with Gasteiger partial charge in [0, 0.05) is 20.1 Å². The number of halogens is 3. The Hall–Kier alpha value is -3.99. The van der Waals surface area contributed by atoms with Crippen molar-refractivity contribution in [2.75, 3.05) is 31.8 Å². The molecule has 43 heavy (non-hydrogen) atoms. The minimum Gasteiger partial charge on any atom is -0.480 e. The van der Waals surface area contributed by atoms with Crippen molar-refractivity contribution in [3.8, 4) is 5.75 Å². The largest absolute Gasteiger partial charge is 0.573 e. The van der Waals surface area contributed by atoms with Crippen LogP contribution in [0.1, 0.15) is 18.0 Å². The average molecular weight is 626 g/mol. The van der Waals surface area contributed by atoms with Crippen LogP contribution >= 0.6 is 11.8 Å². The molecule has 13 nitrogen and oxygen atoms in total. The Morgan fingerprint density at radius 3 is 2.58 bits per heavy atom. The van der Waals surface area contributed by atoms with E-state index in [1.807, 2.05) is 0 Å². The summed E-state index contributed by atoms with van der Waals surface area (Å²) >= 11 is 1.34. The predicted molar refractivity (Wildman–Crippen MR) is 145 cm³/mol.